The van der Waals surface area contributed by atoms with Gasteiger partial charge in [0.15, 0.2) is 16.3 Å². The van der Waals surface area contributed by atoms with E-state index >= 15 is 0 Å². The van der Waals surface area contributed by atoms with Crippen molar-refractivity contribution in [2.45, 2.75) is 33.2 Å². The van der Waals surface area contributed by atoms with Crippen LogP contribution >= 0.6 is 27.3 Å². The highest BCUT2D eigenvalue weighted by Crippen LogP contribution is 2.38. The SMILES string of the molecule is CCCc1sc(=NC(=O)c2cc(OC)c(OC)c(OC)c2)n(CC)c1-c1ccc(Br)cc1. The van der Waals surface area contributed by atoms with Crippen LogP contribution in [-0.2, 0) is 13.0 Å². The molecule has 0 aliphatic carbocycles. The fourth-order valence-corrected chi connectivity index (χ4v) is 5.09. The fourth-order valence-electron chi connectivity index (χ4n) is 3.51. The lowest BCUT2D eigenvalue weighted by molar-refractivity contribution is 0.0997. The summed E-state index contributed by atoms with van der Waals surface area (Å²) in [4.78, 5) is 19.5. The van der Waals surface area contributed by atoms with E-state index in [4.69, 9.17) is 14.2 Å². The zero-order valence-corrected chi connectivity index (χ0v) is 21.3. The van der Waals surface area contributed by atoms with Crippen molar-refractivity contribution in [1.82, 2.24) is 4.57 Å². The summed E-state index contributed by atoms with van der Waals surface area (Å²) in [5, 5.41) is 0. The molecule has 0 bridgehead atoms. The summed E-state index contributed by atoms with van der Waals surface area (Å²) in [6.07, 6.45) is 1.93. The monoisotopic (exact) mass is 518 g/mol. The van der Waals surface area contributed by atoms with E-state index in [1.165, 1.54) is 26.2 Å². The highest BCUT2D eigenvalue weighted by Gasteiger charge is 2.19. The zero-order chi connectivity index (χ0) is 23.3. The number of ether oxygens (including phenoxy) is 3. The molecule has 0 fully saturated rings. The van der Waals surface area contributed by atoms with Gasteiger partial charge in [-0.25, -0.2) is 0 Å². The summed E-state index contributed by atoms with van der Waals surface area (Å²) in [5.41, 5.74) is 2.59. The average Bonchev–Trinajstić information content (AvgIpc) is 3.15. The van der Waals surface area contributed by atoms with Gasteiger partial charge in [-0.1, -0.05) is 41.4 Å². The number of aromatic nitrogens is 1. The fraction of sp³-hybridized carbons (Fsp3) is 0.333. The number of halogens is 1. The molecule has 2 aromatic carbocycles. The van der Waals surface area contributed by atoms with Crippen molar-refractivity contribution in [2.24, 2.45) is 4.99 Å². The van der Waals surface area contributed by atoms with Gasteiger partial charge in [-0.05, 0) is 43.2 Å². The van der Waals surface area contributed by atoms with Crippen LogP contribution in [0.4, 0.5) is 0 Å². The molecule has 3 aromatic rings. The largest absolute Gasteiger partial charge is 0.493 e. The number of rotatable bonds is 8. The zero-order valence-electron chi connectivity index (χ0n) is 18.9. The smallest absolute Gasteiger partial charge is 0.279 e. The molecule has 32 heavy (non-hydrogen) atoms. The highest BCUT2D eigenvalue weighted by atomic mass is 79.9. The average molecular weight is 519 g/mol. The van der Waals surface area contributed by atoms with Gasteiger partial charge in [0, 0.05) is 21.5 Å². The van der Waals surface area contributed by atoms with E-state index < -0.39 is 0 Å². The lowest BCUT2D eigenvalue weighted by atomic mass is 10.1. The first-order valence-electron chi connectivity index (χ1n) is 10.3. The number of aryl methyl sites for hydroxylation is 1. The number of methoxy groups -OCH3 is 3. The Balaban J connectivity index is 2.15. The Labute approximate surface area is 200 Å². The molecule has 8 heteroatoms. The Morgan fingerprint density at radius 1 is 1.03 bits per heavy atom. The van der Waals surface area contributed by atoms with Crippen LogP contribution in [0.1, 0.15) is 35.5 Å². The van der Waals surface area contributed by atoms with Crippen LogP contribution < -0.4 is 19.0 Å². The second-order valence-electron chi connectivity index (χ2n) is 6.99. The number of hydrogen-bond donors (Lipinski definition) is 0. The number of amides is 1. The third-order valence-corrected chi connectivity index (χ3v) is 6.67. The van der Waals surface area contributed by atoms with Gasteiger partial charge in [-0.15, -0.1) is 11.3 Å². The third-order valence-electron chi connectivity index (χ3n) is 5.00. The Morgan fingerprint density at radius 2 is 1.66 bits per heavy atom. The first kappa shape index (κ1) is 24.1. The Bertz CT molecular complexity index is 1140. The normalized spacial score (nSPS) is 11.5. The van der Waals surface area contributed by atoms with Crippen LogP contribution in [-0.4, -0.2) is 31.8 Å². The van der Waals surface area contributed by atoms with Crippen LogP contribution in [0.2, 0.25) is 0 Å². The Morgan fingerprint density at radius 3 is 2.16 bits per heavy atom. The number of hydrogen-bond acceptors (Lipinski definition) is 5. The molecular weight excluding hydrogens is 492 g/mol. The quantitative estimate of drug-likeness (QED) is 0.382. The minimum atomic E-state index is -0.363. The maximum Gasteiger partial charge on any atom is 0.279 e. The molecule has 0 aliphatic heterocycles. The van der Waals surface area contributed by atoms with Gasteiger partial charge in [-0.3, -0.25) is 4.79 Å². The van der Waals surface area contributed by atoms with E-state index in [1.54, 1.807) is 23.5 Å². The van der Waals surface area contributed by atoms with E-state index in [0.717, 1.165) is 28.6 Å². The molecule has 0 saturated heterocycles. The molecule has 0 N–H and O–H groups in total. The molecule has 3 rings (SSSR count). The lowest BCUT2D eigenvalue weighted by Crippen LogP contribution is -2.17. The van der Waals surface area contributed by atoms with Crippen LogP contribution in [0.3, 0.4) is 0 Å². The van der Waals surface area contributed by atoms with Crippen LogP contribution in [0.15, 0.2) is 45.9 Å². The predicted octanol–water partition coefficient (Wildman–Crippen LogP) is 5.72. The molecule has 6 nitrogen and oxygen atoms in total. The van der Waals surface area contributed by atoms with E-state index in [0.29, 0.717) is 34.2 Å². The summed E-state index contributed by atoms with van der Waals surface area (Å²) >= 11 is 5.06. The summed E-state index contributed by atoms with van der Waals surface area (Å²) in [6, 6.07) is 11.5. The third kappa shape index (κ3) is 4.91. The molecule has 0 unspecified atom stereocenters. The molecule has 0 saturated carbocycles. The molecule has 0 atom stereocenters. The van der Waals surface area contributed by atoms with Gasteiger partial charge in [0.2, 0.25) is 5.75 Å². The van der Waals surface area contributed by atoms with Gasteiger partial charge in [0.25, 0.3) is 5.91 Å². The summed E-state index contributed by atoms with van der Waals surface area (Å²) in [5.74, 6) is 0.913. The lowest BCUT2D eigenvalue weighted by Gasteiger charge is -2.13. The highest BCUT2D eigenvalue weighted by molar-refractivity contribution is 9.10. The predicted molar refractivity (Wildman–Crippen MR) is 131 cm³/mol. The van der Waals surface area contributed by atoms with Crippen LogP contribution in [0.5, 0.6) is 17.2 Å². The molecule has 1 aromatic heterocycles. The van der Waals surface area contributed by atoms with Gasteiger partial charge >= 0.3 is 0 Å². The van der Waals surface area contributed by atoms with Gasteiger partial charge < -0.3 is 18.8 Å². The summed E-state index contributed by atoms with van der Waals surface area (Å²) in [7, 11) is 4.57. The first-order valence-corrected chi connectivity index (χ1v) is 12.0. The van der Waals surface area contributed by atoms with E-state index in [2.05, 4.69) is 51.5 Å². The molecule has 0 aliphatic rings. The topological polar surface area (TPSA) is 62.1 Å². The number of benzene rings is 2. The number of thiazole rings is 1. The van der Waals surface area contributed by atoms with Crippen molar-refractivity contribution in [2.75, 3.05) is 21.3 Å². The van der Waals surface area contributed by atoms with E-state index in [9.17, 15) is 4.79 Å². The van der Waals surface area contributed by atoms with Crippen LogP contribution in [0, 0.1) is 0 Å². The van der Waals surface area contributed by atoms with Crippen molar-refractivity contribution < 1.29 is 19.0 Å². The molecule has 0 radical (unpaired) electrons. The van der Waals surface area contributed by atoms with E-state index in [1.807, 2.05) is 12.1 Å². The molecular formula is C24H27BrN2O4S. The second-order valence-corrected chi connectivity index (χ2v) is 8.97. The standard InChI is InChI=1S/C24H27BrN2O4S/c1-6-8-20-21(15-9-11-17(25)12-10-15)27(7-2)24(32-20)26-23(28)16-13-18(29-3)22(31-5)19(14-16)30-4/h9-14H,6-8H2,1-5H3. The van der Waals surface area contributed by atoms with Crippen molar-refractivity contribution in [3.63, 3.8) is 0 Å². The van der Waals surface area contributed by atoms with Crippen molar-refractivity contribution in [1.29, 1.82) is 0 Å². The number of carbonyl (C=O) groups is 1. The molecule has 1 heterocycles. The maximum atomic E-state index is 13.1. The Kier molecular flexibility index (Phi) is 8.15. The molecule has 0 spiro atoms. The first-order chi connectivity index (χ1) is 15.5. The maximum absolute atomic E-state index is 13.1. The summed E-state index contributed by atoms with van der Waals surface area (Å²) in [6.45, 7) is 4.92. The van der Waals surface area contributed by atoms with Crippen LogP contribution in [0.25, 0.3) is 11.3 Å². The van der Waals surface area contributed by atoms with Crippen molar-refractivity contribution in [3.05, 3.63) is 56.1 Å². The minimum Gasteiger partial charge on any atom is -0.493 e. The molecule has 170 valence electrons. The van der Waals surface area contributed by atoms with Gasteiger partial charge in [0.1, 0.15) is 0 Å². The molecule has 1 amide bonds. The number of nitrogens with zero attached hydrogens (tertiary/aromatic N) is 2. The second kappa shape index (κ2) is 10.8. The van der Waals surface area contributed by atoms with E-state index in [-0.39, 0.29) is 5.91 Å². The minimum absolute atomic E-state index is 0.363. The number of carbonyl (C=O) groups excluding carboxylic acids is 1. The van der Waals surface area contributed by atoms with Crippen molar-refractivity contribution in [3.8, 4) is 28.5 Å². The Hall–Kier alpha value is -2.58. The van der Waals surface area contributed by atoms with Gasteiger partial charge in [-0.2, -0.15) is 4.99 Å². The summed E-state index contributed by atoms with van der Waals surface area (Å²) < 4.78 is 19.3. The van der Waals surface area contributed by atoms with Gasteiger partial charge in [0.05, 0.1) is 27.0 Å². The van der Waals surface area contributed by atoms with Crippen molar-refractivity contribution >= 4 is 33.2 Å².